The first-order chi connectivity index (χ1) is 10.2. The summed E-state index contributed by atoms with van der Waals surface area (Å²) in [7, 11) is 4.51. The summed E-state index contributed by atoms with van der Waals surface area (Å²) in [5, 5.41) is 3.75. The molecule has 3 heterocycles. The fourth-order valence-corrected chi connectivity index (χ4v) is 4.52. The normalized spacial score (nSPS) is 31.0. The van der Waals surface area contributed by atoms with E-state index in [0.717, 1.165) is 24.7 Å². The lowest BCUT2D eigenvalue weighted by atomic mass is 9.98. The number of hydrogen-bond acceptors (Lipinski definition) is 3. The Kier molecular flexibility index (Phi) is 3.43. The predicted octanol–water partition coefficient (Wildman–Crippen LogP) is 2.39. The molecule has 1 aromatic rings. The van der Waals surface area contributed by atoms with Crippen molar-refractivity contribution in [3.63, 3.8) is 0 Å². The minimum Gasteiger partial charge on any atom is -0.374 e. The Balaban J connectivity index is 1.44. The molecule has 114 valence electrons. The number of fused-ring (bicyclic) bond motifs is 3. The highest BCUT2D eigenvalue weighted by atomic mass is 15.2. The van der Waals surface area contributed by atoms with Crippen molar-refractivity contribution >= 4 is 5.69 Å². The van der Waals surface area contributed by atoms with Gasteiger partial charge in [-0.1, -0.05) is 12.1 Å². The van der Waals surface area contributed by atoms with E-state index in [2.05, 4.69) is 47.4 Å². The van der Waals surface area contributed by atoms with Gasteiger partial charge in [-0.2, -0.15) is 0 Å². The van der Waals surface area contributed by atoms with Crippen molar-refractivity contribution in [1.82, 2.24) is 10.2 Å². The third-order valence-electron chi connectivity index (χ3n) is 5.78. The molecule has 3 aliphatic rings. The monoisotopic (exact) mass is 285 g/mol. The number of likely N-dealkylation sites (N-methyl/N-ethyl adjacent to an activating group) is 1. The second-order valence-electron chi connectivity index (χ2n) is 7.31. The largest absolute Gasteiger partial charge is 0.374 e. The highest BCUT2D eigenvalue weighted by molar-refractivity contribution is 5.58. The SMILES string of the molecule is CN1CCc2cc(CN(C)C3CC4CCC(C3)N4)ccc21. The van der Waals surface area contributed by atoms with Crippen molar-refractivity contribution in [2.24, 2.45) is 0 Å². The molecule has 2 bridgehead atoms. The Morgan fingerprint density at radius 1 is 1.24 bits per heavy atom. The molecule has 21 heavy (non-hydrogen) atoms. The Labute approximate surface area is 128 Å². The van der Waals surface area contributed by atoms with Gasteiger partial charge >= 0.3 is 0 Å². The average molecular weight is 285 g/mol. The molecule has 1 N–H and O–H groups in total. The van der Waals surface area contributed by atoms with Gasteiger partial charge in [0, 0.05) is 44.0 Å². The van der Waals surface area contributed by atoms with E-state index in [-0.39, 0.29) is 0 Å². The van der Waals surface area contributed by atoms with Gasteiger partial charge < -0.3 is 10.2 Å². The molecule has 0 aromatic heterocycles. The number of nitrogens with one attached hydrogen (secondary N) is 1. The van der Waals surface area contributed by atoms with Gasteiger partial charge in [0.2, 0.25) is 0 Å². The first-order valence-corrected chi connectivity index (χ1v) is 8.48. The summed E-state index contributed by atoms with van der Waals surface area (Å²) in [6.45, 7) is 2.27. The Morgan fingerprint density at radius 2 is 2.00 bits per heavy atom. The van der Waals surface area contributed by atoms with E-state index in [4.69, 9.17) is 0 Å². The standard InChI is InChI=1S/C18H27N3/c1-20-8-7-14-9-13(3-6-18(14)20)12-21(2)17-10-15-4-5-16(11-17)19-15/h3,6,9,15-17,19H,4-5,7-8,10-12H2,1-2H3. The molecule has 0 radical (unpaired) electrons. The summed E-state index contributed by atoms with van der Waals surface area (Å²) < 4.78 is 0. The van der Waals surface area contributed by atoms with Crippen LogP contribution < -0.4 is 10.2 Å². The van der Waals surface area contributed by atoms with Crippen LogP contribution in [0.25, 0.3) is 0 Å². The maximum absolute atomic E-state index is 3.75. The molecule has 0 amide bonds. The van der Waals surface area contributed by atoms with Gasteiger partial charge in [0.25, 0.3) is 0 Å². The van der Waals surface area contributed by atoms with Crippen LogP contribution in [0.1, 0.15) is 36.8 Å². The van der Waals surface area contributed by atoms with Crippen LogP contribution >= 0.6 is 0 Å². The summed E-state index contributed by atoms with van der Waals surface area (Å²) >= 11 is 0. The zero-order chi connectivity index (χ0) is 14.4. The van der Waals surface area contributed by atoms with E-state index in [1.54, 1.807) is 0 Å². The van der Waals surface area contributed by atoms with E-state index in [1.165, 1.54) is 55.5 Å². The van der Waals surface area contributed by atoms with E-state index in [1.807, 2.05) is 0 Å². The van der Waals surface area contributed by atoms with Gasteiger partial charge in [0.05, 0.1) is 0 Å². The minimum absolute atomic E-state index is 0.764. The first-order valence-electron chi connectivity index (χ1n) is 8.48. The van der Waals surface area contributed by atoms with E-state index in [0.29, 0.717) is 0 Å². The van der Waals surface area contributed by atoms with Crippen LogP contribution in [0.15, 0.2) is 18.2 Å². The Hall–Kier alpha value is -1.06. The van der Waals surface area contributed by atoms with Crippen LogP contribution in [-0.4, -0.2) is 43.7 Å². The molecule has 2 fully saturated rings. The molecular formula is C18H27N3. The van der Waals surface area contributed by atoms with Crippen molar-refractivity contribution in [2.45, 2.75) is 56.8 Å². The zero-order valence-electron chi connectivity index (χ0n) is 13.3. The smallest absolute Gasteiger partial charge is 0.0397 e. The molecule has 4 rings (SSSR count). The van der Waals surface area contributed by atoms with Crippen molar-refractivity contribution in [2.75, 3.05) is 25.5 Å². The molecule has 1 aromatic carbocycles. The number of benzene rings is 1. The molecule has 3 aliphatic heterocycles. The predicted molar refractivity (Wildman–Crippen MR) is 87.9 cm³/mol. The number of piperidine rings is 1. The van der Waals surface area contributed by atoms with Crippen LogP contribution in [-0.2, 0) is 13.0 Å². The van der Waals surface area contributed by atoms with E-state index < -0.39 is 0 Å². The molecule has 2 saturated heterocycles. The highest BCUT2D eigenvalue weighted by Crippen LogP contribution is 2.31. The summed E-state index contributed by atoms with van der Waals surface area (Å²) in [4.78, 5) is 4.96. The van der Waals surface area contributed by atoms with E-state index >= 15 is 0 Å². The maximum atomic E-state index is 3.75. The number of hydrogen-bond donors (Lipinski definition) is 1. The van der Waals surface area contributed by atoms with Gasteiger partial charge in [0.1, 0.15) is 0 Å². The average Bonchev–Trinajstić information content (AvgIpc) is 3.01. The molecule has 0 aliphatic carbocycles. The minimum atomic E-state index is 0.764. The lowest BCUT2D eigenvalue weighted by Crippen LogP contribution is -2.46. The van der Waals surface area contributed by atoms with Gasteiger partial charge in [-0.05, 0) is 56.3 Å². The molecule has 3 heteroatoms. The molecule has 2 unspecified atom stereocenters. The fraction of sp³-hybridized carbons (Fsp3) is 0.667. The number of rotatable bonds is 3. The zero-order valence-corrected chi connectivity index (χ0v) is 13.3. The number of nitrogens with zero attached hydrogens (tertiary/aromatic N) is 2. The Bertz CT molecular complexity index is 515. The van der Waals surface area contributed by atoms with Crippen LogP contribution in [0.5, 0.6) is 0 Å². The van der Waals surface area contributed by atoms with Crippen molar-refractivity contribution in [1.29, 1.82) is 0 Å². The van der Waals surface area contributed by atoms with Crippen LogP contribution in [0, 0.1) is 0 Å². The first kappa shape index (κ1) is 13.6. The van der Waals surface area contributed by atoms with E-state index in [9.17, 15) is 0 Å². The van der Waals surface area contributed by atoms with Crippen molar-refractivity contribution < 1.29 is 0 Å². The molecule has 3 nitrogen and oxygen atoms in total. The van der Waals surface area contributed by atoms with Gasteiger partial charge in [0.15, 0.2) is 0 Å². The second-order valence-corrected chi connectivity index (χ2v) is 7.31. The summed E-state index contributed by atoms with van der Waals surface area (Å²) in [6.07, 6.45) is 6.66. The topological polar surface area (TPSA) is 18.5 Å². The van der Waals surface area contributed by atoms with Gasteiger partial charge in [-0.15, -0.1) is 0 Å². The van der Waals surface area contributed by atoms with Crippen LogP contribution in [0.3, 0.4) is 0 Å². The van der Waals surface area contributed by atoms with Gasteiger partial charge in [-0.3, -0.25) is 4.90 Å². The lowest BCUT2D eigenvalue weighted by molar-refractivity contribution is 0.166. The van der Waals surface area contributed by atoms with Crippen molar-refractivity contribution in [3.05, 3.63) is 29.3 Å². The van der Waals surface area contributed by atoms with Crippen LogP contribution in [0.4, 0.5) is 5.69 Å². The maximum Gasteiger partial charge on any atom is 0.0397 e. The Morgan fingerprint density at radius 3 is 2.76 bits per heavy atom. The summed E-state index contributed by atoms with van der Waals surface area (Å²) in [6, 6.07) is 9.41. The molecule has 2 atom stereocenters. The second kappa shape index (κ2) is 5.29. The van der Waals surface area contributed by atoms with Crippen molar-refractivity contribution in [3.8, 4) is 0 Å². The van der Waals surface area contributed by atoms with Crippen LogP contribution in [0.2, 0.25) is 0 Å². The molecule has 0 spiro atoms. The summed E-state index contributed by atoms with van der Waals surface area (Å²) in [5.74, 6) is 0. The lowest BCUT2D eigenvalue weighted by Gasteiger charge is -2.35. The molecule has 0 saturated carbocycles. The third-order valence-corrected chi connectivity index (χ3v) is 5.78. The highest BCUT2D eigenvalue weighted by Gasteiger charge is 2.35. The third kappa shape index (κ3) is 2.58. The quantitative estimate of drug-likeness (QED) is 0.920. The molecular weight excluding hydrogens is 258 g/mol. The number of anilines is 1. The van der Waals surface area contributed by atoms with Gasteiger partial charge in [-0.25, -0.2) is 0 Å². The fourth-order valence-electron chi connectivity index (χ4n) is 4.52. The summed E-state index contributed by atoms with van der Waals surface area (Å²) in [5.41, 5.74) is 4.45.